The van der Waals surface area contributed by atoms with Crippen molar-refractivity contribution in [2.75, 3.05) is 13.2 Å². The molecule has 0 unspecified atom stereocenters. The number of benzene rings is 1. The second kappa shape index (κ2) is 6.75. The minimum atomic E-state index is -0.701. The quantitative estimate of drug-likeness (QED) is 0.760. The number of hydrogen-bond acceptors (Lipinski definition) is 2. The van der Waals surface area contributed by atoms with E-state index in [1.807, 2.05) is 0 Å². The van der Waals surface area contributed by atoms with Crippen LogP contribution in [0.5, 0.6) is 0 Å². The fourth-order valence-corrected chi connectivity index (χ4v) is 2.46. The number of ether oxygens (including phenoxy) is 1. The average Bonchev–Trinajstić information content (AvgIpc) is 2.42. The lowest BCUT2D eigenvalue weighted by molar-refractivity contribution is 0.0625. The van der Waals surface area contributed by atoms with Crippen molar-refractivity contribution in [1.82, 2.24) is 0 Å². The third-order valence-corrected chi connectivity index (χ3v) is 3.54. The summed E-state index contributed by atoms with van der Waals surface area (Å²) in [4.78, 5) is 11.7. The Morgan fingerprint density at radius 1 is 1.21 bits per heavy atom. The van der Waals surface area contributed by atoms with E-state index in [0.29, 0.717) is 12.5 Å². The van der Waals surface area contributed by atoms with Crippen molar-refractivity contribution in [3.8, 4) is 0 Å². The first-order valence-electron chi connectivity index (χ1n) is 6.73. The van der Waals surface area contributed by atoms with E-state index in [1.165, 1.54) is 19.3 Å². The molecule has 1 aromatic carbocycles. The number of rotatable bonds is 5. The van der Waals surface area contributed by atoms with E-state index in [-0.39, 0.29) is 12.2 Å². The molecule has 0 radical (unpaired) electrons. The van der Waals surface area contributed by atoms with Gasteiger partial charge in [-0.15, -0.1) is 0 Å². The molecule has 2 rings (SSSR count). The largest absolute Gasteiger partial charge is 0.373 e. The molecule has 1 aromatic rings. The van der Waals surface area contributed by atoms with Gasteiger partial charge in [0.2, 0.25) is 0 Å². The van der Waals surface area contributed by atoms with Crippen molar-refractivity contribution in [1.29, 1.82) is 0 Å². The second-order valence-electron chi connectivity index (χ2n) is 5.07. The summed E-state index contributed by atoms with van der Waals surface area (Å²) in [6.07, 6.45) is 5.94. The predicted octanol–water partition coefficient (Wildman–Crippen LogP) is 3.74. The molecule has 1 aliphatic carbocycles. The minimum Gasteiger partial charge on any atom is -0.373 e. The first kappa shape index (κ1) is 14.1. The van der Waals surface area contributed by atoms with Gasteiger partial charge in [-0.25, -0.2) is 8.78 Å². The summed E-state index contributed by atoms with van der Waals surface area (Å²) in [5.41, 5.74) is -0.233. The fourth-order valence-electron chi connectivity index (χ4n) is 2.46. The maximum Gasteiger partial charge on any atom is 0.191 e. The standard InChI is InChI=1S/C15H18F2O2/c16-12-6-7-14(17)13(8-12)15(18)10-19-9-11-4-2-1-3-5-11/h6-8,11H,1-5,9-10H2. The van der Waals surface area contributed by atoms with Gasteiger partial charge >= 0.3 is 0 Å². The average molecular weight is 268 g/mol. The summed E-state index contributed by atoms with van der Waals surface area (Å²) >= 11 is 0. The molecule has 2 nitrogen and oxygen atoms in total. The monoisotopic (exact) mass is 268 g/mol. The van der Waals surface area contributed by atoms with Gasteiger partial charge in [0.25, 0.3) is 0 Å². The van der Waals surface area contributed by atoms with Crippen LogP contribution in [-0.2, 0) is 4.74 Å². The van der Waals surface area contributed by atoms with Gasteiger partial charge < -0.3 is 4.74 Å². The van der Waals surface area contributed by atoms with Gasteiger partial charge in [-0.2, -0.15) is 0 Å². The lowest BCUT2D eigenvalue weighted by Crippen LogP contribution is -2.18. The number of hydrogen-bond donors (Lipinski definition) is 0. The molecule has 1 saturated carbocycles. The minimum absolute atomic E-state index is 0.184. The Labute approximate surface area is 111 Å². The number of carbonyl (C=O) groups excluding carboxylic acids is 1. The summed E-state index contributed by atoms with van der Waals surface area (Å²) in [5, 5.41) is 0. The van der Waals surface area contributed by atoms with Crippen LogP contribution in [0.15, 0.2) is 18.2 Å². The first-order valence-corrected chi connectivity index (χ1v) is 6.73. The summed E-state index contributed by atoms with van der Waals surface area (Å²) in [6.45, 7) is 0.347. The van der Waals surface area contributed by atoms with Gasteiger partial charge in [-0.1, -0.05) is 19.3 Å². The van der Waals surface area contributed by atoms with Crippen LogP contribution in [0.1, 0.15) is 42.5 Å². The summed E-state index contributed by atoms with van der Waals surface area (Å²) in [5.74, 6) is -1.32. The zero-order chi connectivity index (χ0) is 13.7. The van der Waals surface area contributed by atoms with Crippen LogP contribution in [0.25, 0.3) is 0 Å². The van der Waals surface area contributed by atoms with Crippen LogP contribution in [0.4, 0.5) is 8.78 Å². The summed E-state index contributed by atoms with van der Waals surface area (Å²) < 4.78 is 31.7. The molecular weight excluding hydrogens is 250 g/mol. The number of Topliss-reactive ketones (excluding diaryl/α,β-unsaturated/α-hetero) is 1. The highest BCUT2D eigenvalue weighted by Crippen LogP contribution is 2.23. The normalized spacial score (nSPS) is 16.5. The van der Waals surface area contributed by atoms with Crippen LogP contribution in [0.2, 0.25) is 0 Å². The zero-order valence-corrected chi connectivity index (χ0v) is 10.8. The lowest BCUT2D eigenvalue weighted by Gasteiger charge is -2.21. The van der Waals surface area contributed by atoms with Gasteiger partial charge in [0.05, 0.1) is 12.2 Å². The Morgan fingerprint density at radius 3 is 2.68 bits per heavy atom. The molecule has 0 heterocycles. The van der Waals surface area contributed by atoms with E-state index in [1.54, 1.807) is 0 Å². The van der Waals surface area contributed by atoms with Crippen LogP contribution >= 0.6 is 0 Å². The SMILES string of the molecule is O=C(COCC1CCCCC1)c1cc(F)ccc1F. The molecule has 1 aliphatic rings. The predicted molar refractivity (Wildman–Crippen MR) is 68.1 cm³/mol. The van der Waals surface area contributed by atoms with E-state index >= 15 is 0 Å². The van der Waals surface area contributed by atoms with E-state index in [9.17, 15) is 13.6 Å². The Kier molecular flexibility index (Phi) is 5.02. The van der Waals surface area contributed by atoms with Gasteiger partial charge in [-0.3, -0.25) is 4.79 Å². The Bertz CT molecular complexity index is 440. The van der Waals surface area contributed by atoms with Crippen LogP contribution < -0.4 is 0 Å². The summed E-state index contributed by atoms with van der Waals surface area (Å²) in [6, 6.07) is 2.88. The molecule has 0 aromatic heterocycles. The molecule has 0 bridgehead atoms. The highest BCUT2D eigenvalue weighted by Gasteiger charge is 2.16. The van der Waals surface area contributed by atoms with E-state index < -0.39 is 17.4 Å². The molecule has 4 heteroatoms. The Hall–Kier alpha value is -1.29. The van der Waals surface area contributed by atoms with Crippen molar-refractivity contribution >= 4 is 5.78 Å². The van der Waals surface area contributed by atoms with Gasteiger partial charge in [0.1, 0.15) is 18.2 Å². The molecular formula is C15H18F2O2. The molecule has 19 heavy (non-hydrogen) atoms. The van der Waals surface area contributed by atoms with Gasteiger partial charge in [0.15, 0.2) is 5.78 Å². The molecule has 0 amide bonds. The van der Waals surface area contributed by atoms with Gasteiger partial charge in [0, 0.05) is 0 Å². The van der Waals surface area contributed by atoms with E-state index in [2.05, 4.69) is 0 Å². The van der Waals surface area contributed by atoms with E-state index in [4.69, 9.17) is 4.74 Å². The first-order chi connectivity index (χ1) is 9.16. The third-order valence-electron chi connectivity index (χ3n) is 3.54. The highest BCUT2D eigenvalue weighted by atomic mass is 19.1. The van der Waals surface area contributed by atoms with Crippen molar-refractivity contribution < 1.29 is 18.3 Å². The topological polar surface area (TPSA) is 26.3 Å². The van der Waals surface area contributed by atoms with Crippen LogP contribution in [-0.4, -0.2) is 19.0 Å². The zero-order valence-electron chi connectivity index (χ0n) is 10.8. The second-order valence-corrected chi connectivity index (χ2v) is 5.07. The molecule has 1 fully saturated rings. The Morgan fingerprint density at radius 2 is 1.95 bits per heavy atom. The maximum absolute atomic E-state index is 13.4. The molecule has 0 aliphatic heterocycles. The number of halogens is 2. The molecule has 0 N–H and O–H groups in total. The molecule has 104 valence electrons. The Balaban J connectivity index is 1.82. The van der Waals surface area contributed by atoms with E-state index in [0.717, 1.165) is 31.0 Å². The fraction of sp³-hybridized carbons (Fsp3) is 0.533. The van der Waals surface area contributed by atoms with Crippen LogP contribution in [0.3, 0.4) is 0 Å². The highest BCUT2D eigenvalue weighted by molar-refractivity contribution is 5.97. The molecule has 0 spiro atoms. The smallest absolute Gasteiger partial charge is 0.191 e. The van der Waals surface area contributed by atoms with Crippen molar-refractivity contribution in [2.45, 2.75) is 32.1 Å². The number of carbonyl (C=O) groups is 1. The van der Waals surface area contributed by atoms with Gasteiger partial charge in [-0.05, 0) is 37.0 Å². The number of ketones is 1. The third kappa shape index (κ3) is 4.10. The summed E-state index contributed by atoms with van der Waals surface area (Å²) in [7, 11) is 0. The lowest BCUT2D eigenvalue weighted by atomic mass is 9.90. The van der Waals surface area contributed by atoms with Crippen molar-refractivity contribution in [2.24, 2.45) is 5.92 Å². The maximum atomic E-state index is 13.4. The molecule has 0 atom stereocenters. The van der Waals surface area contributed by atoms with Crippen molar-refractivity contribution in [3.05, 3.63) is 35.4 Å². The van der Waals surface area contributed by atoms with Crippen LogP contribution in [0, 0.1) is 17.6 Å². The van der Waals surface area contributed by atoms with Crippen molar-refractivity contribution in [3.63, 3.8) is 0 Å². The molecule has 0 saturated heterocycles.